The summed E-state index contributed by atoms with van der Waals surface area (Å²) in [6.45, 7) is 1.25. The monoisotopic (exact) mass is 406 g/mol. The van der Waals surface area contributed by atoms with E-state index in [1.165, 1.54) is 11.3 Å². The Morgan fingerprint density at radius 1 is 1.15 bits per heavy atom. The van der Waals surface area contributed by atoms with Gasteiger partial charge in [0.2, 0.25) is 10.0 Å². The van der Waals surface area contributed by atoms with Crippen LogP contribution in [-0.4, -0.2) is 31.1 Å². The summed E-state index contributed by atoms with van der Waals surface area (Å²) in [5, 5.41) is 0. The maximum Gasteiger partial charge on any atom is 0.250 e. The lowest BCUT2D eigenvalue weighted by molar-refractivity contribution is 0.307. The van der Waals surface area contributed by atoms with Gasteiger partial charge in [-0.05, 0) is 49.2 Å². The Morgan fingerprint density at radius 2 is 1.96 bits per heavy atom. The van der Waals surface area contributed by atoms with Gasteiger partial charge in [-0.3, -0.25) is 0 Å². The van der Waals surface area contributed by atoms with Crippen molar-refractivity contribution in [2.24, 2.45) is 5.73 Å². The maximum absolute atomic E-state index is 12.2. The predicted octanol–water partition coefficient (Wildman–Crippen LogP) is 2.53. The highest BCUT2D eigenvalue weighted by molar-refractivity contribution is 7.91. The summed E-state index contributed by atoms with van der Waals surface area (Å²) in [5.41, 5.74) is 6.53. The fraction of sp³-hybridized carbons (Fsp3) is 0.278. The Labute approximate surface area is 162 Å². The molecule has 0 radical (unpaired) electrons. The van der Waals surface area contributed by atoms with Crippen LogP contribution in [0.3, 0.4) is 0 Å². The molecule has 3 rings (SSSR count). The molecule has 3 N–H and O–H groups in total. The van der Waals surface area contributed by atoms with Crippen molar-refractivity contribution >= 4 is 21.4 Å². The highest BCUT2D eigenvalue weighted by Gasteiger charge is 2.15. The van der Waals surface area contributed by atoms with Gasteiger partial charge in [-0.1, -0.05) is 0 Å². The first-order valence-corrected chi connectivity index (χ1v) is 10.9. The first-order valence-electron chi connectivity index (χ1n) is 8.58. The molecule has 0 aliphatic carbocycles. The number of imidazole rings is 1. The van der Waals surface area contributed by atoms with E-state index < -0.39 is 10.0 Å². The van der Waals surface area contributed by atoms with Gasteiger partial charge in [-0.2, -0.15) is 0 Å². The van der Waals surface area contributed by atoms with Crippen molar-refractivity contribution in [3.63, 3.8) is 0 Å². The van der Waals surface area contributed by atoms with E-state index in [1.807, 2.05) is 35.0 Å². The highest BCUT2D eigenvalue weighted by atomic mass is 32.2. The summed E-state index contributed by atoms with van der Waals surface area (Å²) >= 11 is 1.20. The minimum absolute atomic E-state index is 0.303. The molecule has 0 saturated carbocycles. The lowest BCUT2D eigenvalue weighted by Crippen LogP contribution is -2.24. The second kappa shape index (κ2) is 9.14. The van der Waals surface area contributed by atoms with E-state index >= 15 is 0 Å². The molecule has 2 aromatic heterocycles. The van der Waals surface area contributed by atoms with Gasteiger partial charge in [0.25, 0.3) is 0 Å². The molecular weight excluding hydrogens is 384 g/mol. The number of unbranched alkanes of at least 4 members (excludes halogenated alkanes) is 1. The fourth-order valence-corrected chi connectivity index (χ4v) is 4.79. The van der Waals surface area contributed by atoms with Gasteiger partial charge in [0.15, 0.2) is 0 Å². The van der Waals surface area contributed by atoms with Gasteiger partial charge >= 0.3 is 0 Å². The van der Waals surface area contributed by atoms with Crippen molar-refractivity contribution < 1.29 is 13.2 Å². The van der Waals surface area contributed by atoms with E-state index in [0.717, 1.165) is 22.7 Å². The van der Waals surface area contributed by atoms with E-state index in [4.69, 9.17) is 10.5 Å². The van der Waals surface area contributed by atoms with Crippen molar-refractivity contribution in [3.8, 4) is 11.4 Å². The third kappa shape index (κ3) is 5.39. The molecule has 2 heterocycles. The smallest absolute Gasteiger partial charge is 0.250 e. The van der Waals surface area contributed by atoms with Gasteiger partial charge in [0.1, 0.15) is 9.96 Å². The number of nitrogens with zero attached hydrogens (tertiary/aromatic N) is 2. The number of nitrogens with one attached hydrogen (secondary N) is 1. The molecule has 0 amide bonds. The van der Waals surface area contributed by atoms with E-state index in [0.29, 0.717) is 30.3 Å². The zero-order valence-electron chi connectivity index (χ0n) is 14.7. The Balaban J connectivity index is 1.37. The zero-order chi connectivity index (χ0) is 19.1. The van der Waals surface area contributed by atoms with E-state index in [9.17, 15) is 8.42 Å². The van der Waals surface area contributed by atoms with Gasteiger partial charge in [-0.25, -0.2) is 18.1 Å². The van der Waals surface area contributed by atoms with Crippen molar-refractivity contribution in [1.29, 1.82) is 0 Å². The van der Waals surface area contributed by atoms with Crippen LogP contribution in [0, 0.1) is 0 Å². The largest absolute Gasteiger partial charge is 0.494 e. The number of hydrogen-bond donors (Lipinski definition) is 2. The molecule has 1 aromatic carbocycles. The topological polar surface area (TPSA) is 99.2 Å². The first kappa shape index (κ1) is 19.6. The summed E-state index contributed by atoms with van der Waals surface area (Å²) in [4.78, 5) is 4.87. The molecule has 0 aliphatic rings. The normalized spacial score (nSPS) is 11.6. The molecule has 144 valence electrons. The van der Waals surface area contributed by atoms with Gasteiger partial charge in [0.05, 0.1) is 12.9 Å². The quantitative estimate of drug-likeness (QED) is 0.504. The first-order chi connectivity index (χ1) is 13.1. The Hall–Kier alpha value is -2.20. The minimum Gasteiger partial charge on any atom is -0.494 e. The van der Waals surface area contributed by atoms with Crippen LogP contribution in [-0.2, 0) is 16.6 Å². The molecule has 7 nitrogen and oxygen atoms in total. The van der Waals surface area contributed by atoms with Crippen LogP contribution in [0.2, 0.25) is 0 Å². The molecule has 3 aromatic rings. The van der Waals surface area contributed by atoms with Crippen molar-refractivity contribution in [1.82, 2.24) is 14.3 Å². The standard InChI is InChI=1S/C18H22N4O3S2/c19-13-17-7-8-18(26-17)27(23,24)21-9-1-2-12-25-16-5-3-15(4-6-16)22-11-10-20-14-22/h3-8,10-11,14,21H,1-2,9,12-13,19H2. The highest BCUT2D eigenvalue weighted by Crippen LogP contribution is 2.21. The van der Waals surface area contributed by atoms with Crippen LogP contribution >= 0.6 is 11.3 Å². The second-order valence-corrected chi connectivity index (χ2v) is 9.00. The molecule has 0 saturated heterocycles. The van der Waals surface area contributed by atoms with Gasteiger partial charge < -0.3 is 15.0 Å². The molecule has 27 heavy (non-hydrogen) atoms. The molecular formula is C18H22N4O3S2. The number of hydrogen-bond acceptors (Lipinski definition) is 6. The number of sulfonamides is 1. The van der Waals surface area contributed by atoms with E-state index in [-0.39, 0.29) is 0 Å². The summed E-state index contributed by atoms with van der Waals surface area (Å²) in [7, 11) is -3.45. The summed E-state index contributed by atoms with van der Waals surface area (Å²) in [5.74, 6) is 0.785. The number of rotatable bonds is 10. The zero-order valence-corrected chi connectivity index (χ0v) is 16.4. The third-order valence-electron chi connectivity index (χ3n) is 3.87. The van der Waals surface area contributed by atoms with Gasteiger partial charge in [0, 0.05) is 36.0 Å². The molecule has 0 aliphatic heterocycles. The number of ether oxygens (including phenoxy) is 1. The third-order valence-corrected chi connectivity index (χ3v) is 6.93. The van der Waals surface area contributed by atoms with Crippen molar-refractivity contribution in [2.45, 2.75) is 23.6 Å². The lowest BCUT2D eigenvalue weighted by Gasteiger charge is -2.08. The van der Waals surface area contributed by atoms with Gasteiger partial charge in [-0.15, -0.1) is 11.3 Å². The average Bonchev–Trinajstić information content (AvgIpc) is 3.37. The van der Waals surface area contributed by atoms with Crippen LogP contribution in [0.25, 0.3) is 5.69 Å². The fourth-order valence-electron chi connectivity index (χ4n) is 2.43. The Kier molecular flexibility index (Phi) is 6.62. The van der Waals surface area contributed by atoms with Crippen molar-refractivity contribution in [2.75, 3.05) is 13.2 Å². The van der Waals surface area contributed by atoms with Crippen LogP contribution in [0.5, 0.6) is 5.75 Å². The number of aromatic nitrogens is 2. The molecule has 0 spiro atoms. The minimum atomic E-state index is -3.45. The Morgan fingerprint density at radius 3 is 2.63 bits per heavy atom. The molecule has 9 heteroatoms. The van der Waals surface area contributed by atoms with Crippen LogP contribution in [0.4, 0.5) is 0 Å². The summed E-state index contributed by atoms with van der Waals surface area (Å²) in [6.07, 6.45) is 6.80. The molecule has 0 fully saturated rings. The lowest BCUT2D eigenvalue weighted by atomic mass is 10.3. The number of benzene rings is 1. The van der Waals surface area contributed by atoms with Crippen LogP contribution < -0.4 is 15.2 Å². The summed E-state index contributed by atoms with van der Waals surface area (Å²) < 4.78 is 34.9. The second-order valence-electron chi connectivity index (χ2n) is 5.84. The van der Waals surface area contributed by atoms with E-state index in [2.05, 4.69) is 9.71 Å². The van der Waals surface area contributed by atoms with E-state index in [1.54, 1.807) is 24.7 Å². The maximum atomic E-state index is 12.2. The van der Waals surface area contributed by atoms with Crippen molar-refractivity contribution in [3.05, 3.63) is 60.0 Å². The van der Waals surface area contributed by atoms with Crippen LogP contribution in [0.1, 0.15) is 17.7 Å². The average molecular weight is 407 g/mol. The van der Waals surface area contributed by atoms with Crippen LogP contribution in [0.15, 0.2) is 59.3 Å². The molecule has 0 bridgehead atoms. The molecule has 0 unspecified atom stereocenters. The predicted molar refractivity (Wildman–Crippen MR) is 106 cm³/mol. The SMILES string of the molecule is NCc1ccc(S(=O)(=O)NCCCCOc2ccc(-n3ccnc3)cc2)s1. The number of nitrogens with two attached hydrogens (primary N) is 1. The Bertz CT molecular complexity index is 935. The number of thiophene rings is 1. The summed E-state index contributed by atoms with van der Waals surface area (Å²) in [6, 6.07) is 11.1. The molecule has 0 atom stereocenters.